The highest BCUT2D eigenvalue weighted by Crippen LogP contribution is 2.43. The molecule has 3 saturated heterocycles. The van der Waals surface area contributed by atoms with Crippen molar-refractivity contribution >= 4 is 0 Å². The number of hydrogen-bond acceptors (Lipinski definition) is 4. The number of methoxy groups -OCH3 is 1. The van der Waals surface area contributed by atoms with Crippen LogP contribution in [0.15, 0.2) is 0 Å². The summed E-state index contributed by atoms with van der Waals surface area (Å²) in [5.41, 5.74) is 6.50. The Hall–Kier alpha value is -0.160. The van der Waals surface area contributed by atoms with Gasteiger partial charge in [-0.2, -0.15) is 0 Å². The van der Waals surface area contributed by atoms with Crippen LogP contribution >= 0.6 is 0 Å². The SMILES string of the molecule is COCCN(C1CC1)C1(CN)CN2CCC1CC2. The largest absolute Gasteiger partial charge is 0.383 e. The molecule has 4 aliphatic rings. The fourth-order valence-electron chi connectivity index (χ4n) is 4.16. The summed E-state index contributed by atoms with van der Waals surface area (Å²) in [6, 6.07) is 0.782. The molecule has 18 heavy (non-hydrogen) atoms. The predicted molar refractivity (Wildman–Crippen MR) is 72.6 cm³/mol. The minimum atomic E-state index is 0.246. The van der Waals surface area contributed by atoms with Gasteiger partial charge in [-0.05, 0) is 44.7 Å². The third-order valence-corrected chi connectivity index (χ3v) is 5.29. The molecule has 0 radical (unpaired) electrons. The van der Waals surface area contributed by atoms with Crippen molar-refractivity contribution in [2.45, 2.75) is 37.3 Å². The Morgan fingerprint density at radius 2 is 2.00 bits per heavy atom. The zero-order valence-electron chi connectivity index (χ0n) is 11.6. The number of hydrogen-bond donors (Lipinski definition) is 1. The van der Waals surface area contributed by atoms with Crippen LogP contribution in [0.5, 0.6) is 0 Å². The summed E-state index contributed by atoms with van der Waals surface area (Å²) in [5.74, 6) is 0.810. The van der Waals surface area contributed by atoms with E-state index in [1.165, 1.54) is 45.3 Å². The Balaban J connectivity index is 1.79. The third kappa shape index (κ3) is 2.09. The van der Waals surface area contributed by atoms with Gasteiger partial charge in [0, 0.05) is 38.3 Å². The van der Waals surface area contributed by atoms with E-state index in [2.05, 4.69) is 9.80 Å². The Labute approximate surface area is 110 Å². The van der Waals surface area contributed by atoms with Gasteiger partial charge in [0.15, 0.2) is 0 Å². The Morgan fingerprint density at radius 1 is 1.28 bits per heavy atom. The molecule has 4 fully saturated rings. The molecular formula is C14H27N3O. The molecule has 0 aromatic carbocycles. The second-order valence-corrected chi connectivity index (χ2v) is 6.28. The van der Waals surface area contributed by atoms with Gasteiger partial charge in [-0.25, -0.2) is 0 Å². The second kappa shape index (κ2) is 5.08. The molecule has 0 spiro atoms. The topological polar surface area (TPSA) is 41.7 Å². The Bertz CT molecular complexity index is 287. The summed E-state index contributed by atoms with van der Waals surface area (Å²) in [6.07, 6.45) is 5.40. The van der Waals surface area contributed by atoms with Gasteiger partial charge in [-0.1, -0.05) is 0 Å². The first-order chi connectivity index (χ1) is 8.80. The number of rotatable bonds is 6. The van der Waals surface area contributed by atoms with E-state index in [-0.39, 0.29) is 5.54 Å². The van der Waals surface area contributed by atoms with E-state index in [1.54, 1.807) is 7.11 Å². The van der Waals surface area contributed by atoms with Gasteiger partial charge in [0.2, 0.25) is 0 Å². The minimum absolute atomic E-state index is 0.246. The molecule has 3 aliphatic heterocycles. The lowest BCUT2D eigenvalue weighted by Gasteiger charge is -2.58. The maximum absolute atomic E-state index is 6.25. The monoisotopic (exact) mass is 253 g/mol. The number of nitrogens with zero attached hydrogens (tertiary/aromatic N) is 2. The molecule has 2 N–H and O–H groups in total. The fraction of sp³-hybridized carbons (Fsp3) is 1.00. The van der Waals surface area contributed by atoms with Gasteiger partial charge in [-0.15, -0.1) is 0 Å². The molecule has 4 nitrogen and oxygen atoms in total. The molecule has 2 bridgehead atoms. The summed E-state index contributed by atoms with van der Waals surface area (Å²) in [7, 11) is 1.80. The molecule has 1 saturated carbocycles. The summed E-state index contributed by atoms with van der Waals surface area (Å²) in [5, 5.41) is 0. The summed E-state index contributed by atoms with van der Waals surface area (Å²) >= 11 is 0. The van der Waals surface area contributed by atoms with Crippen LogP contribution in [0.2, 0.25) is 0 Å². The highest BCUT2D eigenvalue weighted by atomic mass is 16.5. The van der Waals surface area contributed by atoms with Crippen LogP contribution in [0.25, 0.3) is 0 Å². The number of fused-ring (bicyclic) bond motifs is 3. The Kier molecular flexibility index (Phi) is 3.63. The molecule has 1 atom stereocenters. The van der Waals surface area contributed by atoms with Crippen molar-refractivity contribution in [3.8, 4) is 0 Å². The van der Waals surface area contributed by atoms with E-state index in [4.69, 9.17) is 10.5 Å². The number of ether oxygens (including phenoxy) is 1. The van der Waals surface area contributed by atoms with Crippen molar-refractivity contribution in [2.24, 2.45) is 11.7 Å². The van der Waals surface area contributed by atoms with Crippen LogP contribution in [0, 0.1) is 5.92 Å². The Morgan fingerprint density at radius 3 is 2.44 bits per heavy atom. The second-order valence-electron chi connectivity index (χ2n) is 6.28. The average molecular weight is 253 g/mol. The smallest absolute Gasteiger partial charge is 0.0590 e. The summed E-state index contributed by atoms with van der Waals surface area (Å²) in [6.45, 7) is 6.47. The van der Waals surface area contributed by atoms with E-state index in [0.29, 0.717) is 0 Å². The number of nitrogens with two attached hydrogens (primary N) is 1. The van der Waals surface area contributed by atoms with E-state index >= 15 is 0 Å². The lowest BCUT2D eigenvalue weighted by atomic mass is 9.71. The van der Waals surface area contributed by atoms with Crippen molar-refractivity contribution in [1.82, 2.24) is 9.80 Å². The quantitative estimate of drug-likeness (QED) is 0.749. The van der Waals surface area contributed by atoms with Crippen LogP contribution in [0.4, 0.5) is 0 Å². The third-order valence-electron chi connectivity index (χ3n) is 5.29. The summed E-state index contributed by atoms with van der Waals surface area (Å²) in [4.78, 5) is 5.33. The van der Waals surface area contributed by atoms with Gasteiger partial charge >= 0.3 is 0 Å². The lowest BCUT2D eigenvalue weighted by Crippen LogP contribution is -2.70. The maximum atomic E-state index is 6.25. The number of piperidine rings is 3. The predicted octanol–water partition coefficient (Wildman–Crippen LogP) is 0.520. The van der Waals surface area contributed by atoms with E-state index in [9.17, 15) is 0 Å². The molecule has 0 aromatic rings. The van der Waals surface area contributed by atoms with Gasteiger partial charge < -0.3 is 15.4 Å². The standard InChI is InChI=1S/C14H27N3O/c1-18-9-8-17(13-2-3-13)14(10-15)11-16-6-4-12(14)5-7-16/h12-13H,2-11,15H2,1H3. The molecule has 4 rings (SSSR count). The van der Waals surface area contributed by atoms with E-state index in [0.717, 1.165) is 31.7 Å². The van der Waals surface area contributed by atoms with Crippen molar-refractivity contribution in [2.75, 3.05) is 46.4 Å². The van der Waals surface area contributed by atoms with E-state index < -0.39 is 0 Å². The van der Waals surface area contributed by atoms with Crippen molar-refractivity contribution < 1.29 is 4.74 Å². The highest BCUT2D eigenvalue weighted by molar-refractivity contribution is 5.09. The van der Waals surface area contributed by atoms with Crippen LogP contribution in [-0.4, -0.2) is 67.8 Å². The molecule has 0 amide bonds. The van der Waals surface area contributed by atoms with Crippen LogP contribution in [-0.2, 0) is 4.74 Å². The first-order valence-electron chi connectivity index (χ1n) is 7.48. The van der Waals surface area contributed by atoms with Gasteiger partial charge in [0.25, 0.3) is 0 Å². The molecular weight excluding hydrogens is 226 g/mol. The van der Waals surface area contributed by atoms with Crippen LogP contribution in [0.1, 0.15) is 25.7 Å². The normalized spacial score (nSPS) is 39.5. The summed E-state index contributed by atoms with van der Waals surface area (Å²) < 4.78 is 5.31. The highest BCUT2D eigenvalue weighted by Gasteiger charge is 2.52. The zero-order chi connectivity index (χ0) is 12.6. The maximum Gasteiger partial charge on any atom is 0.0590 e. The van der Waals surface area contributed by atoms with Gasteiger partial charge in [0.1, 0.15) is 0 Å². The van der Waals surface area contributed by atoms with Crippen LogP contribution in [0.3, 0.4) is 0 Å². The molecule has 1 unspecified atom stereocenters. The molecule has 3 heterocycles. The first-order valence-corrected chi connectivity index (χ1v) is 7.48. The van der Waals surface area contributed by atoms with Crippen molar-refractivity contribution in [3.63, 3.8) is 0 Å². The molecule has 4 heteroatoms. The van der Waals surface area contributed by atoms with E-state index in [1.807, 2.05) is 0 Å². The lowest BCUT2D eigenvalue weighted by molar-refractivity contribution is -0.0773. The minimum Gasteiger partial charge on any atom is -0.383 e. The molecule has 0 aromatic heterocycles. The van der Waals surface area contributed by atoms with Crippen molar-refractivity contribution in [3.05, 3.63) is 0 Å². The van der Waals surface area contributed by atoms with Crippen LogP contribution < -0.4 is 5.73 Å². The van der Waals surface area contributed by atoms with Gasteiger partial charge in [0.05, 0.1) is 6.61 Å². The molecule has 104 valence electrons. The zero-order valence-corrected chi connectivity index (χ0v) is 11.6. The fourth-order valence-corrected chi connectivity index (χ4v) is 4.16. The van der Waals surface area contributed by atoms with Crippen molar-refractivity contribution in [1.29, 1.82) is 0 Å². The van der Waals surface area contributed by atoms with Gasteiger partial charge in [-0.3, -0.25) is 4.90 Å². The first kappa shape index (κ1) is 12.9. The average Bonchev–Trinajstić information content (AvgIpc) is 3.25. The molecule has 1 aliphatic carbocycles.